The summed E-state index contributed by atoms with van der Waals surface area (Å²) in [7, 11) is 0. The van der Waals surface area contributed by atoms with Crippen LogP contribution < -0.4 is 33.6 Å². The molecule has 0 atom stereocenters. The Morgan fingerprint density at radius 3 is 1.94 bits per heavy atom. The number of hydrogen-bond acceptors (Lipinski definition) is 11. The number of amides is 6. The number of halogens is 1. The minimum Gasteiger partial charge on any atom is -0.418 e. The lowest BCUT2D eigenvalue weighted by molar-refractivity contribution is 0.0910. The molecule has 2 aromatic heterocycles. The van der Waals surface area contributed by atoms with Gasteiger partial charge >= 0.3 is 0 Å². The topological polar surface area (TPSA) is 299 Å². The summed E-state index contributed by atoms with van der Waals surface area (Å²) in [6.07, 6.45) is 1.42. The number of benzene rings is 2. The molecule has 2 heterocycles. The summed E-state index contributed by atoms with van der Waals surface area (Å²) in [5.41, 5.74) is 17.7. The number of ketones is 1. The fourth-order valence-corrected chi connectivity index (χ4v) is 5.02. The molecular formula is C31H28ClN9O8. The van der Waals surface area contributed by atoms with Crippen molar-refractivity contribution in [2.75, 3.05) is 11.9 Å². The molecule has 4 aromatic rings. The van der Waals surface area contributed by atoms with E-state index in [1.807, 2.05) is 0 Å². The standard InChI is InChI=1S/C31H28ClN9O8/c1-2-18-40-41-31(49-18)17(42)8-5-11-37-30(48)21-19(25(33)43)20(26(34)44)22(27(35)45)24(23(21)28(36)46)39-29(47)13-9-10-16(38-12-13)14-6-3-4-7-15(14)32/h3-4,6-7,9-10,12H,2,5,8,11H2,1H3,(H2,33,43)(H2,34,44)(H2,35,45)(H2,36,46)(H,37,48)(H,39,47). The van der Waals surface area contributed by atoms with Crippen molar-refractivity contribution in [3.8, 4) is 11.3 Å². The SMILES string of the molecule is CCc1nnc(C(=O)CCCNC(=O)c2c(C(N)=O)c(NC(=O)c3ccc(-c4ccccc4Cl)nc3)c(C(N)=O)c(C(N)=O)c2C(N)=O)o1. The van der Waals surface area contributed by atoms with E-state index >= 15 is 0 Å². The molecule has 10 N–H and O–H groups in total. The quantitative estimate of drug-likeness (QED) is 0.0811. The first-order valence-electron chi connectivity index (χ1n) is 14.4. The Bertz CT molecular complexity index is 2030. The Morgan fingerprint density at radius 1 is 0.776 bits per heavy atom. The molecule has 18 heteroatoms. The Kier molecular flexibility index (Phi) is 10.8. The molecule has 0 radical (unpaired) electrons. The van der Waals surface area contributed by atoms with Crippen molar-refractivity contribution in [1.82, 2.24) is 20.5 Å². The smallest absolute Gasteiger partial charge is 0.283 e. The van der Waals surface area contributed by atoms with Gasteiger partial charge in [-0.25, -0.2) is 0 Å². The van der Waals surface area contributed by atoms with Crippen LogP contribution in [0.4, 0.5) is 5.69 Å². The van der Waals surface area contributed by atoms with Crippen molar-refractivity contribution in [3.05, 3.63) is 92.8 Å². The molecule has 0 fully saturated rings. The van der Waals surface area contributed by atoms with E-state index in [1.54, 1.807) is 31.2 Å². The van der Waals surface area contributed by atoms with E-state index in [-0.39, 0.29) is 36.7 Å². The van der Waals surface area contributed by atoms with Gasteiger partial charge in [0.15, 0.2) is 0 Å². The number of rotatable bonds is 14. The number of anilines is 1. The van der Waals surface area contributed by atoms with E-state index in [2.05, 4.69) is 25.8 Å². The van der Waals surface area contributed by atoms with Gasteiger partial charge in [-0.3, -0.25) is 38.5 Å². The molecule has 0 aliphatic rings. The molecule has 2 aromatic carbocycles. The summed E-state index contributed by atoms with van der Waals surface area (Å²) in [6.45, 7) is 1.52. The van der Waals surface area contributed by atoms with Crippen LogP contribution in [0.2, 0.25) is 5.02 Å². The van der Waals surface area contributed by atoms with Crippen LogP contribution in [0, 0.1) is 0 Å². The van der Waals surface area contributed by atoms with Crippen LogP contribution >= 0.6 is 11.6 Å². The predicted octanol–water partition coefficient (Wildman–Crippen LogP) is 1.39. The molecule has 0 aliphatic heterocycles. The number of aryl methyl sites for hydroxylation is 1. The Labute approximate surface area is 281 Å². The number of pyridine rings is 1. The number of nitrogens with zero attached hydrogens (tertiary/aromatic N) is 3. The minimum absolute atomic E-state index is 0.00898. The van der Waals surface area contributed by atoms with Gasteiger partial charge in [0.1, 0.15) is 0 Å². The number of carbonyl (C=O) groups excluding carboxylic acids is 7. The maximum absolute atomic E-state index is 13.6. The van der Waals surface area contributed by atoms with Gasteiger partial charge < -0.3 is 38.0 Å². The maximum Gasteiger partial charge on any atom is 0.283 e. The third kappa shape index (κ3) is 7.57. The van der Waals surface area contributed by atoms with E-state index in [0.29, 0.717) is 22.7 Å². The fraction of sp³-hybridized carbons (Fsp3) is 0.161. The summed E-state index contributed by atoms with van der Waals surface area (Å²) < 4.78 is 5.21. The number of nitrogens with one attached hydrogen (secondary N) is 2. The van der Waals surface area contributed by atoms with Crippen molar-refractivity contribution in [2.24, 2.45) is 22.9 Å². The lowest BCUT2D eigenvalue weighted by Gasteiger charge is -2.22. The number of carbonyl (C=O) groups is 7. The average Bonchev–Trinajstić information content (AvgIpc) is 3.55. The van der Waals surface area contributed by atoms with Crippen LogP contribution in [-0.4, -0.2) is 63.0 Å². The molecule has 0 spiro atoms. The van der Waals surface area contributed by atoms with Gasteiger partial charge in [0.25, 0.3) is 29.5 Å². The molecule has 6 amide bonds. The van der Waals surface area contributed by atoms with E-state index in [1.165, 1.54) is 12.1 Å². The zero-order valence-electron chi connectivity index (χ0n) is 25.7. The second-order valence-electron chi connectivity index (χ2n) is 10.2. The highest BCUT2D eigenvalue weighted by Crippen LogP contribution is 2.33. The Hall–Kier alpha value is -6.49. The number of Topliss-reactive ketones (excluding diaryl/α,β-unsaturated/α-hetero) is 1. The first-order chi connectivity index (χ1) is 23.3. The van der Waals surface area contributed by atoms with Crippen molar-refractivity contribution < 1.29 is 38.0 Å². The summed E-state index contributed by atoms with van der Waals surface area (Å²) in [5.74, 6) is -8.44. The normalized spacial score (nSPS) is 10.7. The van der Waals surface area contributed by atoms with Gasteiger partial charge in [0, 0.05) is 36.2 Å². The lowest BCUT2D eigenvalue weighted by Crippen LogP contribution is -2.37. The second kappa shape index (κ2) is 14.9. The third-order valence-corrected chi connectivity index (χ3v) is 7.33. The average molecular weight is 690 g/mol. The van der Waals surface area contributed by atoms with Gasteiger partial charge in [-0.1, -0.05) is 36.7 Å². The number of hydrogen-bond donors (Lipinski definition) is 6. The van der Waals surface area contributed by atoms with Crippen LogP contribution in [0.15, 0.2) is 47.0 Å². The first-order valence-corrected chi connectivity index (χ1v) is 14.7. The highest BCUT2D eigenvalue weighted by Gasteiger charge is 2.36. The van der Waals surface area contributed by atoms with Gasteiger partial charge in [-0.05, 0) is 24.6 Å². The van der Waals surface area contributed by atoms with E-state index in [4.69, 9.17) is 39.0 Å². The summed E-state index contributed by atoms with van der Waals surface area (Å²) >= 11 is 6.23. The fourth-order valence-electron chi connectivity index (χ4n) is 4.79. The second-order valence-corrected chi connectivity index (χ2v) is 10.6. The molecule has 49 heavy (non-hydrogen) atoms. The molecule has 252 valence electrons. The predicted molar refractivity (Wildman–Crippen MR) is 173 cm³/mol. The Morgan fingerprint density at radius 2 is 1.39 bits per heavy atom. The minimum atomic E-state index is -1.46. The monoisotopic (exact) mass is 689 g/mol. The maximum atomic E-state index is 13.6. The highest BCUT2D eigenvalue weighted by molar-refractivity contribution is 6.33. The van der Waals surface area contributed by atoms with Gasteiger partial charge in [-0.2, -0.15) is 0 Å². The first kappa shape index (κ1) is 35.4. The lowest BCUT2D eigenvalue weighted by atomic mass is 9.87. The molecule has 0 saturated carbocycles. The summed E-state index contributed by atoms with van der Waals surface area (Å²) in [6, 6.07) is 9.61. The zero-order chi connectivity index (χ0) is 36.0. The molecular weight excluding hydrogens is 662 g/mol. The van der Waals surface area contributed by atoms with E-state index in [0.717, 1.165) is 6.20 Å². The van der Waals surface area contributed by atoms with Crippen LogP contribution in [0.25, 0.3) is 11.3 Å². The van der Waals surface area contributed by atoms with Crippen LogP contribution in [0.1, 0.15) is 98.5 Å². The van der Waals surface area contributed by atoms with Crippen LogP contribution in [-0.2, 0) is 6.42 Å². The zero-order valence-corrected chi connectivity index (χ0v) is 26.4. The van der Waals surface area contributed by atoms with Crippen LogP contribution in [0.3, 0.4) is 0 Å². The van der Waals surface area contributed by atoms with Gasteiger partial charge in [0.2, 0.25) is 23.5 Å². The summed E-state index contributed by atoms with van der Waals surface area (Å²) in [5, 5.41) is 12.4. The molecule has 0 aliphatic carbocycles. The van der Waals surface area contributed by atoms with Crippen LogP contribution in [0.5, 0.6) is 0 Å². The van der Waals surface area contributed by atoms with E-state index in [9.17, 15) is 33.6 Å². The Balaban J connectivity index is 1.74. The van der Waals surface area contributed by atoms with E-state index < -0.39 is 74.7 Å². The van der Waals surface area contributed by atoms with Gasteiger partial charge in [0.05, 0.1) is 44.8 Å². The number of primary amides is 4. The molecule has 4 rings (SSSR count). The van der Waals surface area contributed by atoms with Crippen molar-refractivity contribution in [2.45, 2.75) is 26.2 Å². The van der Waals surface area contributed by atoms with Crippen molar-refractivity contribution in [3.63, 3.8) is 0 Å². The van der Waals surface area contributed by atoms with Crippen molar-refractivity contribution >= 4 is 58.5 Å². The molecule has 0 bridgehead atoms. The molecule has 17 nitrogen and oxygen atoms in total. The number of nitrogens with two attached hydrogens (primary N) is 4. The van der Waals surface area contributed by atoms with Crippen molar-refractivity contribution in [1.29, 1.82) is 0 Å². The molecule has 0 saturated heterocycles. The number of aromatic nitrogens is 3. The molecule has 0 unspecified atom stereocenters. The highest BCUT2D eigenvalue weighted by atomic mass is 35.5. The third-order valence-electron chi connectivity index (χ3n) is 7.00. The largest absolute Gasteiger partial charge is 0.418 e. The van der Waals surface area contributed by atoms with Gasteiger partial charge in [-0.15, -0.1) is 10.2 Å². The summed E-state index contributed by atoms with van der Waals surface area (Å²) in [4.78, 5) is 94.6.